The van der Waals surface area contributed by atoms with Gasteiger partial charge in [0.15, 0.2) is 5.84 Å². The number of amidine groups is 1. The molecule has 0 unspecified atom stereocenters. The van der Waals surface area contributed by atoms with Gasteiger partial charge in [-0.25, -0.2) is 0 Å². The number of nitrogens with one attached hydrogen (secondary N) is 1. The van der Waals surface area contributed by atoms with Crippen LogP contribution in [0.1, 0.15) is 58.3 Å². The minimum Gasteiger partial charge on any atom is -0.409 e. The number of oxime groups is 1. The number of nitrogens with two attached hydrogens (primary N) is 1. The van der Waals surface area contributed by atoms with E-state index >= 15 is 0 Å². The summed E-state index contributed by atoms with van der Waals surface area (Å²) in [4.78, 5) is 12.1. The van der Waals surface area contributed by atoms with Crippen molar-refractivity contribution in [2.45, 2.75) is 63.8 Å². The molecule has 4 N–H and O–H groups in total. The first-order valence-corrected chi connectivity index (χ1v) is 7.35. The SMILES string of the molecule is CC1CCC(NC(=O)CC2CCC2)(C(N)=NO)CC1. The molecular formula is C14H25N3O2. The summed E-state index contributed by atoms with van der Waals surface area (Å²) in [6, 6.07) is 0. The Kier molecular flexibility index (Phi) is 4.32. The van der Waals surface area contributed by atoms with Gasteiger partial charge < -0.3 is 16.3 Å². The first kappa shape index (κ1) is 14.2. The van der Waals surface area contributed by atoms with Crippen LogP contribution >= 0.6 is 0 Å². The molecule has 2 saturated carbocycles. The first-order valence-electron chi connectivity index (χ1n) is 7.35. The summed E-state index contributed by atoms with van der Waals surface area (Å²) in [6.45, 7) is 2.20. The molecule has 0 spiro atoms. The van der Waals surface area contributed by atoms with Crippen molar-refractivity contribution in [1.82, 2.24) is 5.32 Å². The minimum atomic E-state index is -0.623. The molecule has 0 aromatic rings. The lowest BCUT2D eigenvalue weighted by atomic mass is 9.76. The van der Waals surface area contributed by atoms with E-state index in [0.717, 1.165) is 38.5 Å². The van der Waals surface area contributed by atoms with Crippen LogP contribution in [0.2, 0.25) is 0 Å². The van der Waals surface area contributed by atoms with Crippen molar-refractivity contribution in [3.63, 3.8) is 0 Å². The number of rotatable bonds is 4. The van der Waals surface area contributed by atoms with Crippen LogP contribution in [-0.4, -0.2) is 22.5 Å². The molecule has 5 heteroatoms. The number of carbonyl (C=O) groups is 1. The van der Waals surface area contributed by atoms with Gasteiger partial charge in [0, 0.05) is 6.42 Å². The van der Waals surface area contributed by atoms with Crippen LogP contribution in [-0.2, 0) is 4.79 Å². The highest BCUT2D eigenvalue weighted by Crippen LogP contribution is 2.33. The molecule has 19 heavy (non-hydrogen) atoms. The van der Waals surface area contributed by atoms with Crippen molar-refractivity contribution in [2.75, 3.05) is 0 Å². The fourth-order valence-corrected chi connectivity index (χ4v) is 3.07. The monoisotopic (exact) mass is 267 g/mol. The molecule has 2 rings (SSSR count). The molecule has 0 aromatic heterocycles. The van der Waals surface area contributed by atoms with E-state index < -0.39 is 5.54 Å². The van der Waals surface area contributed by atoms with Gasteiger partial charge in [0.25, 0.3) is 0 Å². The Bertz CT molecular complexity index is 356. The predicted molar refractivity (Wildman–Crippen MR) is 73.9 cm³/mol. The summed E-state index contributed by atoms with van der Waals surface area (Å²) < 4.78 is 0. The molecule has 2 aliphatic rings. The third-order valence-corrected chi connectivity index (χ3v) is 4.80. The third-order valence-electron chi connectivity index (χ3n) is 4.80. The first-order chi connectivity index (χ1) is 9.05. The molecule has 0 aromatic carbocycles. The molecular weight excluding hydrogens is 242 g/mol. The number of hydrogen-bond acceptors (Lipinski definition) is 3. The lowest BCUT2D eigenvalue weighted by molar-refractivity contribution is -0.124. The van der Waals surface area contributed by atoms with Crippen LogP contribution in [0.3, 0.4) is 0 Å². The molecule has 5 nitrogen and oxygen atoms in total. The molecule has 0 aliphatic heterocycles. The van der Waals surface area contributed by atoms with E-state index in [1.54, 1.807) is 0 Å². The fourth-order valence-electron chi connectivity index (χ4n) is 3.07. The van der Waals surface area contributed by atoms with Gasteiger partial charge in [-0.05, 0) is 50.4 Å². The highest BCUT2D eigenvalue weighted by atomic mass is 16.4. The molecule has 108 valence electrons. The molecule has 0 radical (unpaired) electrons. The summed E-state index contributed by atoms with van der Waals surface area (Å²) in [7, 11) is 0. The molecule has 0 atom stereocenters. The van der Waals surface area contributed by atoms with Gasteiger partial charge in [-0.3, -0.25) is 4.79 Å². The van der Waals surface area contributed by atoms with Gasteiger partial charge in [-0.2, -0.15) is 0 Å². The van der Waals surface area contributed by atoms with Gasteiger partial charge in [0.2, 0.25) is 5.91 Å². The van der Waals surface area contributed by atoms with Crippen molar-refractivity contribution in [2.24, 2.45) is 22.7 Å². The number of amides is 1. The zero-order valence-corrected chi connectivity index (χ0v) is 11.7. The van der Waals surface area contributed by atoms with Gasteiger partial charge in [0.05, 0.1) is 0 Å². The number of nitrogens with zero attached hydrogens (tertiary/aromatic N) is 1. The zero-order valence-electron chi connectivity index (χ0n) is 11.7. The average molecular weight is 267 g/mol. The molecule has 2 aliphatic carbocycles. The van der Waals surface area contributed by atoms with E-state index in [0.29, 0.717) is 18.3 Å². The van der Waals surface area contributed by atoms with Crippen molar-refractivity contribution >= 4 is 11.7 Å². The summed E-state index contributed by atoms with van der Waals surface area (Å²) in [5, 5.41) is 15.2. The van der Waals surface area contributed by atoms with Crippen molar-refractivity contribution in [1.29, 1.82) is 0 Å². The maximum atomic E-state index is 12.1. The Labute approximate surface area is 114 Å². The highest BCUT2D eigenvalue weighted by molar-refractivity contribution is 5.94. The van der Waals surface area contributed by atoms with Gasteiger partial charge >= 0.3 is 0 Å². The van der Waals surface area contributed by atoms with Crippen LogP contribution in [0.25, 0.3) is 0 Å². The van der Waals surface area contributed by atoms with Crippen LogP contribution in [0.4, 0.5) is 0 Å². The van der Waals surface area contributed by atoms with E-state index in [1.807, 2.05) is 0 Å². The standard InChI is InChI=1S/C14H25N3O2/c1-10-5-7-14(8-6-10,13(15)17-19)16-12(18)9-11-3-2-4-11/h10-11,19H,2-9H2,1H3,(H2,15,17)(H,16,18). The van der Waals surface area contributed by atoms with E-state index in [4.69, 9.17) is 10.9 Å². The topological polar surface area (TPSA) is 87.7 Å². The second-order valence-electron chi connectivity index (χ2n) is 6.30. The third kappa shape index (κ3) is 3.19. The second kappa shape index (κ2) is 5.80. The number of hydrogen-bond donors (Lipinski definition) is 3. The van der Waals surface area contributed by atoms with Crippen LogP contribution in [0.5, 0.6) is 0 Å². The Balaban J connectivity index is 1.99. The Morgan fingerprint density at radius 3 is 2.47 bits per heavy atom. The summed E-state index contributed by atoms with van der Waals surface area (Å²) in [6.07, 6.45) is 7.65. The zero-order chi connectivity index (χ0) is 13.9. The van der Waals surface area contributed by atoms with E-state index in [1.165, 1.54) is 6.42 Å². The summed E-state index contributed by atoms with van der Waals surface area (Å²) >= 11 is 0. The van der Waals surface area contributed by atoms with Gasteiger partial charge in [-0.1, -0.05) is 18.5 Å². The maximum Gasteiger partial charge on any atom is 0.221 e. The molecule has 0 heterocycles. The molecule has 0 saturated heterocycles. The van der Waals surface area contributed by atoms with Crippen LogP contribution < -0.4 is 11.1 Å². The van der Waals surface area contributed by atoms with Crippen molar-refractivity contribution < 1.29 is 10.0 Å². The fraction of sp³-hybridized carbons (Fsp3) is 0.857. The van der Waals surface area contributed by atoms with Crippen LogP contribution in [0, 0.1) is 11.8 Å². The van der Waals surface area contributed by atoms with Crippen molar-refractivity contribution in [3.05, 3.63) is 0 Å². The lowest BCUT2D eigenvalue weighted by Crippen LogP contribution is -2.59. The van der Waals surface area contributed by atoms with Gasteiger partial charge in [0.1, 0.15) is 5.54 Å². The van der Waals surface area contributed by atoms with Crippen LogP contribution in [0.15, 0.2) is 5.16 Å². The predicted octanol–water partition coefficient (Wildman–Crippen LogP) is 1.99. The quantitative estimate of drug-likeness (QED) is 0.315. The molecule has 0 bridgehead atoms. The second-order valence-corrected chi connectivity index (χ2v) is 6.30. The molecule has 1 amide bonds. The Hall–Kier alpha value is -1.26. The summed E-state index contributed by atoms with van der Waals surface area (Å²) in [5.41, 5.74) is 5.22. The lowest BCUT2D eigenvalue weighted by Gasteiger charge is -2.39. The largest absolute Gasteiger partial charge is 0.409 e. The summed E-state index contributed by atoms with van der Waals surface area (Å²) in [5.74, 6) is 1.38. The van der Waals surface area contributed by atoms with E-state index in [2.05, 4.69) is 17.4 Å². The average Bonchev–Trinajstić information content (AvgIpc) is 2.36. The Morgan fingerprint density at radius 2 is 2.00 bits per heavy atom. The minimum absolute atomic E-state index is 0.0471. The highest BCUT2D eigenvalue weighted by Gasteiger charge is 2.40. The van der Waals surface area contributed by atoms with Gasteiger partial charge in [-0.15, -0.1) is 0 Å². The smallest absolute Gasteiger partial charge is 0.221 e. The molecule has 2 fully saturated rings. The maximum absolute atomic E-state index is 12.1. The van der Waals surface area contributed by atoms with Crippen molar-refractivity contribution in [3.8, 4) is 0 Å². The van der Waals surface area contributed by atoms with E-state index in [-0.39, 0.29) is 11.7 Å². The Morgan fingerprint density at radius 1 is 1.37 bits per heavy atom. The normalized spacial score (nSPS) is 32.7. The van der Waals surface area contributed by atoms with E-state index in [9.17, 15) is 4.79 Å². The number of carbonyl (C=O) groups excluding carboxylic acids is 1.